The first-order chi connectivity index (χ1) is 8.48. The van der Waals surface area contributed by atoms with E-state index < -0.39 is 0 Å². The molecule has 2 aliphatic carbocycles. The van der Waals surface area contributed by atoms with Crippen LogP contribution in [0, 0.1) is 23.7 Å². The fourth-order valence-corrected chi connectivity index (χ4v) is 4.32. The van der Waals surface area contributed by atoms with Gasteiger partial charge < -0.3 is 0 Å². The van der Waals surface area contributed by atoms with Crippen LogP contribution in [0.25, 0.3) is 0 Å². The third kappa shape index (κ3) is 2.46. The molecule has 0 aromatic carbocycles. The molecular weight excluding hydrogens is 238 g/mol. The number of hydrogen-bond donors (Lipinski definition) is 0. The van der Waals surface area contributed by atoms with Gasteiger partial charge in [-0.2, -0.15) is 0 Å². The SMILES string of the molecule is CC1=C[C@H]2[C@@H](C(C)C)CC[C@](C)(N=C=S)[C@@H]2CC1. The zero-order valence-corrected chi connectivity index (χ0v) is 12.9. The van der Waals surface area contributed by atoms with E-state index in [4.69, 9.17) is 12.2 Å². The van der Waals surface area contributed by atoms with E-state index in [0.717, 1.165) is 11.8 Å². The topological polar surface area (TPSA) is 12.4 Å². The molecule has 18 heavy (non-hydrogen) atoms. The summed E-state index contributed by atoms with van der Waals surface area (Å²) in [6, 6.07) is 0. The van der Waals surface area contributed by atoms with Crippen LogP contribution in [0.1, 0.15) is 53.4 Å². The molecule has 0 aliphatic heterocycles. The van der Waals surface area contributed by atoms with Crippen molar-refractivity contribution in [2.24, 2.45) is 28.7 Å². The molecule has 2 heteroatoms. The number of aliphatic imine (C=N–C) groups is 1. The lowest BCUT2D eigenvalue weighted by molar-refractivity contribution is 0.0685. The predicted octanol–water partition coefficient (Wildman–Crippen LogP) is 4.89. The second-order valence-electron chi connectivity index (χ2n) is 6.74. The minimum atomic E-state index is 0.0367. The quantitative estimate of drug-likeness (QED) is 0.393. The van der Waals surface area contributed by atoms with Gasteiger partial charge in [0.25, 0.3) is 0 Å². The fourth-order valence-electron chi connectivity index (χ4n) is 4.11. The summed E-state index contributed by atoms with van der Waals surface area (Å²) in [5, 5.41) is 2.65. The first kappa shape index (κ1) is 14.0. The standard InChI is InChI=1S/C16H25NS/c1-11(2)13-7-8-16(4,17-10-18)15-6-5-12(3)9-14(13)15/h9,11,13-15H,5-8H2,1-4H3/t13-,14+,15-,16+/m1/s1. The zero-order chi connectivity index (χ0) is 13.3. The maximum absolute atomic E-state index is 4.87. The van der Waals surface area contributed by atoms with Crippen LogP contribution in [0.3, 0.4) is 0 Å². The number of thiocarbonyl (C=S) groups is 1. The largest absolute Gasteiger partial charge is 0.226 e. The Morgan fingerprint density at radius 1 is 1.44 bits per heavy atom. The van der Waals surface area contributed by atoms with Crippen molar-refractivity contribution in [3.63, 3.8) is 0 Å². The number of rotatable bonds is 2. The van der Waals surface area contributed by atoms with Crippen molar-refractivity contribution in [2.45, 2.75) is 58.9 Å². The van der Waals surface area contributed by atoms with Gasteiger partial charge in [-0.3, -0.25) is 0 Å². The molecular formula is C16H25NS. The maximum Gasteiger partial charge on any atom is 0.0716 e. The molecule has 0 unspecified atom stereocenters. The Morgan fingerprint density at radius 2 is 2.17 bits per heavy atom. The lowest BCUT2D eigenvalue weighted by atomic mass is 9.57. The van der Waals surface area contributed by atoms with Crippen LogP contribution in [0.15, 0.2) is 16.6 Å². The van der Waals surface area contributed by atoms with Crippen LogP contribution >= 0.6 is 12.2 Å². The molecule has 0 spiro atoms. The average molecular weight is 263 g/mol. The molecule has 0 amide bonds. The summed E-state index contributed by atoms with van der Waals surface area (Å²) in [4.78, 5) is 4.55. The summed E-state index contributed by atoms with van der Waals surface area (Å²) in [5.74, 6) is 2.95. The van der Waals surface area contributed by atoms with E-state index in [1.54, 1.807) is 5.57 Å². The Labute approximate surface area is 117 Å². The molecule has 4 atom stereocenters. The highest BCUT2D eigenvalue weighted by atomic mass is 32.1. The van der Waals surface area contributed by atoms with E-state index in [1.165, 1.54) is 25.7 Å². The highest BCUT2D eigenvalue weighted by molar-refractivity contribution is 7.78. The second kappa shape index (κ2) is 5.27. The highest BCUT2D eigenvalue weighted by Gasteiger charge is 2.47. The van der Waals surface area contributed by atoms with Gasteiger partial charge in [-0.05, 0) is 75.4 Å². The van der Waals surface area contributed by atoms with E-state index in [2.05, 4.69) is 43.9 Å². The molecule has 2 aliphatic rings. The molecule has 0 radical (unpaired) electrons. The van der Waals surface area contributed by atoms with Gasteiger partial charge in [0.1, 0.15) is 0 Å². The number of isothiocyanates is 1. The first-order valence-electron chi connectivity index (χ1n) is 7.24. The van der Waals surface area contributed by atoms with Crippen LogP contribution in [-0.2, 0) is 0 Å². The number of fused-ring (bicyclic) bond motifs is 1. The molecule has 1 fully saturated rings. The van der Waals surface area contributed by atoms with Gasteiger partial charge in [0, 0.05) is 0 Å². The van der Waals surface area contributed by atoms with Crippen molar-refractivity contribution < 1.29 is 0 Å². The van der Waals surface area contributed by atoms with Gasteiger partial charge in [0.05, 0.1) is 10.7 Å². The van der Waals surface area contributed by atoms with Gasteiger partial charge in [0.2, 0.25) is 0 Å². The summed E-state index contributed by atoms with van der Waals surface area (Å²) in [7, 11) is 0. The first-order valence-corrected chi connectivity index (χ1v) is 7.65. The van der Waals surface area contributed by atoms with Gasteiger partial charge in [0.15, 0.2) is 0 Å². The molecule has 0 saturated heterocycles. The van der Waals surface area contributed by atoms with Crippen LogP contribution in [-0.4, -0.2) is 10.7 Å². The minimum Gasteiger partial charge on any atom is -0.226 e. The Hall–Kier alpha value is -0.460. The van der Waals surface area contributed by atoms with Crippen molar-refractivity contribution in [2.75, 3.05) is 0 Å². The maximum atomic E-state index is 4.87. The molecule has 0 bridgehead atoms. The second-order valence-corrected chi connectivity index (χ2v) is 6.92. The predicted molar refractivity (Wildman–Crippen MR) is 81.0 cm³/mol. The van der Waals surface area contributed by atoms with Gasteiger partial charge in [-0.25, -0.2) is 4.99 Å². The van der Waals surface area contributed by atoms with Crippen molar-refractivity contribution in [1.29, 1.82) is 0 Å². The average Bonchev–Trinajstić information content (AvgIpc) is 2.28. The molecule has 100 valence electrons. The summed E-state index contributed by atoms with van der Waals surface area (Å²) in [6.07, 6.45) is 7.49. The number of allylic oxidation sites excluding steroid dienone is 2. The number of hydrogen-bond acceptors (Lipinski definition) is 2. The molecule has 0 aromatic rings. The highest BCUT2D eigenvalue weighted by Crippen LogP contribution is 2.51. The molecule has 0 heterocycles. The lowest BCUT2D eigenvalue weighted by Gasteiger charge is -2.49. The molecule has 0 aromatic heterocycles. The van der Waals surface area contributed by atoms with E-state index in [9.17, 15) is 0 Å². The minimum absolute atomic E-state index is 0.0367. The normalized spacial score (nSPS) is 39.8. The summed E-state index contributed by atoms with van der Waals surface area (Å²) < 4.78 is 0. The number of nitrogens with zero attached hydrogens (tertiary/aromatic N) is 1. The molecule has 1 saturated carbocycles. The van der Waals surface area contributed by atoms with Gasteiger partial charge >= 0.3 is 0 Å². The van der Waals surface area contributed by atoms with E-state index in [1.807, 2.05) is 0 Å². The third-order valence-electron chi connectivity index (χ3n) is 5.23. The Kier molecular flexibility index (Phi) is 4.08. The van der Waals surface area contributed by atoms with Crippen LogP contribution in [0.5, 0.6) is 0 Å². The molecule has 0 N–H and O–H groups in total. The van der Waals surface area contributed by atoms with Crippen molar-refractivity contribution in [1.82, 2.24) is 0 Å². The monoisotopic (exact) mass is 263 g/mol. The van der Waals surface area contributed by atoms with Crippen LogP contribution in [0.2, 0.25) is 0 Å². The van der Waals surface area contributed by atoms with Crippen LogP contribution in [0.4, 0.5) is 0 Å². The van der Waals surface area contributed by atoms with Gasteiger partial charge in [-0.1, -0.05) is 25.5 Å². The van der Waals surface area contributed by atoms with Crippen molar-refractivity contribution in [3.05, 3.63) is 11.6 Å². The fraction of sp³-hybridized carbons (Fsp3) is 0.812. The smallest absolute Gasteiger partial charge is 0.0716 e. The summed E-state index contributed by atoms with van der Waals surface area (Å²) in [5.41, 5.74) is 1.60. The van der Waals surface area contributed by atoms with E-state index in [-0.39, 0.29) is 5.54 Å². The zero-order valence-electron chi connectivity index (χ0n) is 12.1. The summed E-state index contributed by atoms with van der Waals surface area (Å²) >= 11 is 4.87. The third-order valence-corrected chi connectivity index (χ3v) is 5.32. The van der Waals surface area contributed by atoms with Crippen molar-refractivity contribution in [3.8, 4) is 0 Å². The van der Waals surface area contributed by atoms with E-state index in [0.29, 0.717) is 11.8 Å². The Morgan fingerprint density at radius 3 is 2.78 bits per heavy atom. The Bertz CT molecular complexity index is 392. The lowest BCUT2D eigenvalue weighted by Crippen LogP contribution is -2.47. The van der Waals surface area contributed by atoms with E-state index >= 15 is 0 Å². The Balaban J connectivity index is 2.34. The summed E-state index contributed by atoms with van der Waals surface area (Å²) in [6.45, 7) is 9.30. The van der Waals surface area contributed by atoms with Crippen molar-refractivity contribution >= 4 is 17.4 Å². The molecule has 1 nitrogen and oxygen atoms in total. The van der Waals surface area contributed by atoms with Crippen LogP contribution < -0.4 is 0 Å². The molecule has 2 rings (SSSR count). The van der Waals surface area contributed by atoms with Gasteiger partial charge in [-0.15, -0.1) is 0 Å².